The Hall–Kier alpha value is -1.99. The van der Waals surface area contributed by atoms with Crippen molar-refractivity contribution in [3.63, 3.8) is 0 Å². The maximum Gasteiger partial charge on any atom is 0.255 e. The van der Waals surface area contributed by atoms with Gasteiger partial charge in [0.2, 0.25) is 5.89 Å². The highest BCUT2D eigenvalue weighted by atomic mass is 35.5. The lowest BCUT2D eigenvalue weighted by molar-refractivity contribution is 0.0552. The Balaban J connectivity index is 1.37. The monoisotopic (exact) mass is 378 g/mol. The van der Waals surface area contributed by atoms with Crippen LogP contribution in [0, 0.1) is 5.82 Å². The fraction of sp³-hybridized carbons (Fsp3) is 0.500. The van der Waals surface area contributed by atoms with E-state index in [-0.39, 0.29) is 17.0 Å². The topological polar surface area (TPSA) is 62.5 Å². The molecule has 0 bridgehead atoms. The fourth-order valence-corrected chi connectivity index (χ4v) is 3.47. The second kappa shape index (κ2) is 6.96. The molecule has 8 heteroatoms. The van der Waals surface area contributed by atoms with Crippen LogP contribution in [-0.4, -0.2) is 52.0 Å². The summed E-state index contributed by atoms with van der Waals surface area (Å²) in [7, 11) is 0. The number of aromatic nitrogens is 2. The minimum Gasteiger partial charge on any atom is -0.338 e. The van der Waals surface area contributed by atoms with E-state index in [9.17, 15) is 9.18 Å². The molecule has 0 unspecified atom stereocenters. The molecule has 2 fully saturated rings. The molecule has 0 N–H and O–H groups in total. The predicted octanol–water partition coefficient (Wildman–Crippen LogP) is 3.26. The molecule has 1 aromatic carbocycles. The van der Waals surface area contributed by atoms with Gasteiger partial charge in [-0.3, -0.25) is 9.69 Å². The minimum absolute atomic E-state index is 0.0154. The zero-order valence-corrected chi connectivity index (χ0v) is 15.2. The zero-order valence-electron chi connectivity index (χ0n) is 14.5. The number of benzene rings is 1. The minimum atomic E-state index is -0.449. The van der Waals surface area contributed by atoms with E-state index in [2.05, 4.69) is 15.0 Å². The van der Waals surface area contributed by atoms with Gasteiger partial charge in [-0.05, 0) is 38.0 Å². The Morgan fingerprint density at radius 1 is 1.31 bits per heavy atom. The van der Waals surface area contributed by atoms with Crippen LogP contribution in [0.25, 0.3) is 0 Å². The van der Waals surface area contributed by atoms with E-state index in [0.29, 0.717) is 43.6 Å². The van der Waals surface area contributed by atoms with Gasteiger partial charge in [-0.1, -0.05) is 16.8 Å². The quantitative estimate of drug-likeness (QED) is 0.817. The molecular weight excluding hydrogens is 359 g/mol. The first-order valence-electron chi connectivity index (χ1n) is 8.85. The molecule has 26 heavy (non-hydrogen) atoms. The van der Waals surface area contributed by atoms with Gasteiger partial charge < -0.3 is 9.42 Å². The lowest BCUT2D eigenvalue weighted by Crippen LogP contribution is -2.49. The molecule has 0 radical (unpaired) electrons. The highest BCUT2D eigenvalue weighted by molar-refractivity contribution is 6.33. The number of rotatable bonds is 4. The van der Waals surface area contributed by atoms with Crippen LogP contribution < -0.4 is 0 Å². The number of carbonyl (C=O) groups excluding carboxylic acids is 1. The molecule has 1 saturated carbocycles. The average molecular weight is 379 g/mol. The van der Waals surface area contributed by atoms with Crippen molar-refractivity contribution in [3.05, 3.63) is 46.3 Å². The standard InChI is InChI=1S/C18H20ClFN4O2/c1-11(17-21-16(22-26-17)12-2-3-12)23-6-8-24(9-7-23)18(25)14-5-4-13(20)10-15(14)19/h4-5,10-12H,2-3,6-9H2,1H3/t11-/m1/s1. The molecule has 6 nitrogen and oxygen atoms in total. The summed E-state index contributed by atoms with van der Waals surface area (Å²) in [6.45, 7) is 4.58. The second-order valence-corrected chi connectivity index (χ2v) is 7.30. The van der Waals surface area contributed by atoms with Gasteiger partial charge in [-0.2, -0.15) is 4.98 Å². The summed E-state index contributed by atoms with van der Waals surface area (Å²) in [5.74, 6) is 1.29. The smallest absolute Gasteiger partial charge is 0.255 e. The lowest BCUT2D eigenvalue weighted by Gasteiger charge is -2.36. The molecule has 4 rings (SSSR count). The van der Waals surface area contributed by atoms with Crippen molar-refractivity contribution in [2.45, 2.75) is 31.7 Å². The van der Waals surface area contributed by atoms with Crippen molar-refractivity contribution in [2.24, 2.45) is 0 Å². The van der Waals surface area contributed by atoms with E-state index in [0.717, 1.165) is 18.7 Å². The van der Waals surface area contributed by atoms with E-state index in [1.54, 1.807) is 4.90 Å². The third-order valence-corrected chi connectivity index (χ3v) is 5.38. The van der Waals surface area contributed by atoms with E-state index in [1.165, 1.54) is 18.2 Å². The van der Waals surface area contributed by atoms with Gasteiger partial charge in [-0.25, -0.2) is 4.39 Å². The van der Waals surface area contributed by atoms with Gasteiger partial charge >= 0.3 is 0 Å². The Bertz CT molecular complexity index is 815. The summed E-state index contributed by atoms with van der Waals surface area (Å²) >= 11 is 6.01. The Morgan fingerprint density at radius 3 is 2.69 bits per heavy atom. The van der Waals surface area contributed by atoms with Gasteiger partial charge in [0.1, 0.15) is 5.82 Å². The first kappa shape index (κ1) is 17.4. The van der Waals surface area contributed by atoms with Crippen LogP contribution in [-0.2, 0) is 0 Å². The predicted molar refractivity (Wildman–Crippen MR) is 93.6 cm³/mol. The summed E-state index contributed by atoms with van der Waals surface area (Å²) < 4.78 is 18.6. The average Bonchev–Trinajstić information content (AvgIpc) is 3.38. The van der Waals surface area contributed by atoms with Crippen LogP contribution >= 0.6 is 11.6 Å². The van der Waals surface area contributed by atoms with E-state index in [4.69, 9.17) is 16.1 Å². The van der Waals surface area contributed by atoms with Gasteiger partial charge in [0.05, 0.1) is 16.6 Å². The van der Waals surface area contributed by atoms with Crippen molar-refractivity contribution >= 4 is 17.5 Å². The normalized spacial score (nSPS) is 19.6. The molecule has 2 aliphatic rings. The molecule has 1 atom stereocenters. The molecule has 0 spiro atoms. The number of halogens is 2. The summed E-state index contributed by atoms with van der Waals surface area (Å²) in [5.41, 5.74) is 0.334. The number of hydrogen-bond donors (Lipinski definition) is 0. The van der Waals surface area contributed by atoms with E-state index in [1.807, 2.05) is 6.92 Å². The van der Waals surface area contributed by atoms with Crippen molar-refractivity contribution < 1.29 is 13.7 Å². The van der Waals surface area contributed by atoms with Gasteiger partial charge in [0.15, 0.2) is 5.82 Å². The summed E-state index contributed by atoms with van der Waals surface area (Å²) in [4.78, 5) is 21.1. The van der Waals surface area contributed by atoms with Gasteiger partial charge in [0.25, 0.3) is 5.91 Å². The summed E-state index contributed by atoms with van der Waals surface area (Å²) in [5, 5.41) is 4.21. The number of nitrogens with zero attached hydrogens (tertiary/aromatic N) is 4. The van der Waals surface area contributed by atoms with Crippen molar-refractivity contribution in [1.82, 2.24) is 19.9 Å². The van der Waals surface area contributed by atoms with E-state index < -0.39 is 5.82 Å². The third-order valence-electron chi connectivity index (χ3n) is 5.07. The van der Waals surface area contributed by atoms with Crippen molar-refractivity contribution in [2.75, 3.05) is 26.2 Å². The van der Waals surface area contributed by atoms with Crippen LogP contribution in [0.3, 0.4) is 0 Å². The highest BCUT2D eigenvalue weighted by Gasteiger charge is 2.32. The van der Waals surface area contributed by atoms with E-state index >= 15 is 0 Å². The third kappa shape index (κ3) is 3.46. The molecule has 1 aromatic heterocycles. The van der Waals surface area contributed by atoms with Crippen LogP contribution in [0.2, 0.25) is 5.02 Å². The van der Waals surface area contributed by atoms with Crippen molar-refractivity contribution in [3.8, 4) is 0 Å². The molecular formula is C18H20ClFN4O2. The first-order chi connectivity index (χ1) is 12.5. The van der Waals surface area contributed by atoms with Crippen LogP contribution in [0.5, 0.6) is 0 Å². The van der Waals surface area contributed by atoms with Gasteiger partial charge in [0, 0.05) is 32.1 Å². The molecule has 1 aliphatic heterocycles. The Labute approximate surface area is 155 Å². The Morgan fingerprint density at radius 2 is 2.04 bits per heavy atom. The highest BCUT2D eigenvalue weighted by Crippen LogP contribution is 2.38. The molecule has 2 heterocycles. The van der Waals surface area contributed by atoms with Crippen LogP contribution in [0.4, 0.5) is 4.39 Å². The van der Waals surface area contributed by atoms with Crippen LogP contribution in [0.15, 0.2) is 22.7 Å². The number of carbonyl (C=O) groups is 1. The number of piperazine rings is 1. The Kier molecular flexibility index (Phi) is 4.67. The largest absolute Gasteiger partial charge is 0.338 e. The molecule has 1 saturated heterocycles. The summed E-state index contributed by atoms with van der Waals surface area (Å²) in [6.07, 6.45) is 2.28. The molecule has 1 amide bonds. The number of amides is 1. The lowest BCUT2D eigenvalue weighted by atomic mass is 10.1. The summed E-state index contributed by atoms with van der Waals surface area (Å²) in [6, 6.07) is 3.87. The van der Waals surface area contributed by atoms with Crippen molar-refractivity contribution in [1.29, 1.82) is 0 Å². The van der Waals surface area contributed by atoms with Crippen LogP contribution in [0.1, 0.15) is 53.8 Å². The van der Waals surface area contributed by atoms with Gasteiger partial charge in [-0.15, -0.1) is 0 Å². The zero-order chi connectivity index (χ0) is 18.3. The fourth-order valence-electron chi connectivity index (χ4n) is 3.23. The second-order valence-electron chi connectivity index (χ2n) is 6.89. The molecule has 1 aliphatic carbocycles. The maximum atomic E-state index is 13.2. The SMILES string of the molecule is C[C@H](c1nc(C2CC2)no1)N1CCN(C(=O)c2ccc(F)cc2Cl)CC1. The molecule has 138 valence electrons. The maximum absolute atomic E-state index is 13.2. The first-order valence-corrected chi connectivity index (χ1v) is 9.22. The molecule has 2 aromatic rings. The number of hydrogen-bond acceptors (Lipinski definition) is 5.